The van der Waals surface area contributed by atoms with Crippen molar-refractivity contribution in [2.24, 2.45) is 0 Å². The van der Waals surface area contributed by atoms with Gasteiger partial charge in [0.15, 0.2) is 0 Å². The fourth-order valence-electron chi connectivity index (χ4n) is 6.36. The van der Waals surface area contributed by atoms with Crippen LogP contribution in [0.25, 0.3) is 44.8 Å². The number of anilines is 1. The maximum atomic E-state index is 13.7. The second-order valence-corrected chi connectivity index (χ2v) is 15.7. The predicted molar refractivity (Wildman–Crippen MR) is 238 cm³/mol. The van der Waals surface area contributed by atoms with Crippen molar-refractivity contribution in [3.63, 3.8) is 0 Å². The Balaban J connectivity index is 1.11. The Morgan fingerprint density at radius 2 is 1.12 bits per heavy atom. The summed E-state index contributed by atoms with van der Waals surface area (Å²) in [6.07, 6.45) is 0. The third kappa shape index (κ3) is 10.1. The quantitative estimate of drug-likeness (QED) is 0.114. The van der Waals surface area contributed by atoms with Crippen LogP contribution in [-0.4, -0.2) is 45.2 Å². The molecule has 2 amide bonds. The van der Waals surface area contributed by atoms with Crippen LogP contribution in [0, 0.1) is 22.7 Å². The van der Waals surface area contributed by atoms with Gasteiger partial charge in [-0.15, -0.1) is 0 Å². The highest BCUT2D eigenvalue weighted by Crippen LogP contribution is 2.36. The summed E-state index contributed by atoms with van der Waals surface area (Å²) in [7, 11) is 1.75. The average Bonchev–Trinajstić information content (AvgIpc) is 3.28. The lowest BCUT2D eigenvalue weighted by Gasteiger charge is -2.18. The van der Waals surface area contributed by atoms with E-state index in [2.05, 4.69) is 17.5 Å². The molecule has 1 N–H and O–H groups in total. The molecule has 8 nitrogen and oxygen atoms in total. The maximum absolute atomic E-state index is 13.7. The third-order valence-electron chi connectivity index (χ3n) is 9.30. The number of halogens is 1. The molecule has 0 spiro atoms. The van der Waals surface area contributed by atoms with Crippen molar-refractivity contribution >= 4 is 52.6 Å². The van der Waals surface area contributed by atoms with Crippen LogP contribution in [0.2, 0.25) is 5.02 Å². The number of aromatic nitrogens is 2. The molecular weight excluding hydrogens is 792 g/mol. The molecule has 2 aromatic heterocycles. The number of carbonyl (C=O) groups excluding carboxylic acids is 2. The Morgan fingerprint density at radius 3 is 1.66 bits per heavy atom. The number of nitrogens with zero attached hydrogens (tertiary/aromatic N) is 5. The van der Waals surface area contributed by atoms with Gasteiger partial charge in [0.2, 0.25) is 11.8 Å². The Morgan fingerprint density at radius 1 is 0.627 bits per heavy atom. The number of benzene rings is 5. The van der Waals surface area contributed by atoms with Crippen LogP contribution in [0.5, 0.6) is 0 Å². The lowest BCUT2D eigenvalue weighted by molar-refractivity contribution is -0.127. The van der Waals surface area contributed by atoms with E-state index in [-0.39, 0.29) is 23.3 Å². The van der Waals surface area contributed by atoms with Gasteiger partial charge >= 0.3 is 0 Å². The number of nitriles is 2. The summed E-state index contributed by atoms with van der Waals surface area (Å²) in [4.78, 5) is 38.1. The first kappa shape index (κ1) is 40.5. The molecule has 0 fully saturated rings. The minimum absolute atomic E-state index is 0.0302. The smallest absolute Gasteiger partial charge is 0.234 e. The van der Waals surface area contributed by atoms with E-state index in [9.17, 15) is 20.1 Å². The second kappa shape index (κ2) is 19.2. The van der Waals surface area contributed by atoms with Gasteiger partial charge in [0.05, 0.1) is 34.0 Å². The van der Waals surface area contributed by atoms with E-state index in [0.717, 1.165) is 39.1 Å². The predicted octanol–water partition coefficient (Wildman–Crippen LogP) is 11.0. The molecule has 7 rings (SSSR count). The normalized spacial score (nSPS) is 10.6. The summed E-state index contributed by atoms with van der Waals surface area (Å²) in [5.41, 5.74) is 8.54. The third-order valence-corrected chi connectivity index (χ3v) is 11.5. The zero-order chi connectivity index (χ0) is 41.1. The van der Waals surface area contributed by atoms with Crippen LogP contribution in [0.4, 0.5) is 5.69 Å². The molecule has 0 aliphatic carbocycles. The second-order valence-electron chi connectivity index (χ2n) is 13.4. The molecule has 0 bridgehead atoms. The van der Waals surface area contributed by atoms with Gasteiger partial charge in [-0.3, -0.25) is 9.59 Å². The molecule has 7 aromatic rings. The van der Waals surface area contributed by atoms with Crippen molar-refractivity contribution in [3.8, 4) is 56.9 Å². The zero-order valence-electron chi connectivity index (χ0n) is 31.8. The van der Waals surface area contributed by atoms with Crippen molar-refractivity contribution in [2.75, 3.05) is 23.9 Å². The highest BCUT2D eigenvalue weighted by molar-refractivity contribution is 8.00. The number of pyridine rings is 2. The lowest BCUT2D eigenvalue weighted by atomic mass is 9.98. The molecule has 0 atom stereocenters. The van der Waals surface area contributed by atoms with Gasteiger partial charge in [0, 0.05) is 46.6 Å². The molecule has 11 heteroatoms. The van der Waals surface area contributed by atoms with Gasteiger partial charge in [0.25, 0.3) is 0 Å². The van der Waals surface area contributed by atoms with Crippen LogP contribution in [0.15, 0.2) is 162 Å². The summed E-state index contributed by atoms with van der Waals surface area (Å²) < 4.78 is 0. The van der Waals surface area contributed by atoms with E-state index >= 15 is 0 Å². The molecule has 59 heavy (non-hydrogen) atoms. The Labute approximate surface area is 356 Å². The summed E-state index contributed by atoms with van der Waals surface area (Å²) in [5.74, 6) is -0.269. The van der Waals surface area contributed by atoms with Crippen LogP contribution in [0.3, 0.4) is 0 Å². The first-order valence-corrected chi connectivity index (χ1v) is 20.9. The van der Waals surface area contributed by atoms with Crippen LogP contribution < -0.4 is 5.32 Å². The molecule has 288 valence electrons. The Hall–Kier alpha value is -6.69. The van der Waals surface area contributed by atoms with Crippen molar-refractivity contribution < 1.29 is 9.59 Å². The fraction of sp³-hybridized carbons (Fsp3) is 0.0833. The summed E-state index contributed by atoms with van der Waals surface area (Å²) in [6, 6.07) is 52.2. The van der Waals surface area contributed by atoms with Gasteiger partial charge in [-0.25, -0.2) is 9.97 Å². The molecular formula is C48H35ClN6O2S2. The van der Waals surface area contributed by atoms with Crippen LogP contribution in [-0.2, 0) is 16.1 Å². The van der Waals surface area contributed by atoms with E-state index < -0.39 is 0 Å². The highest BCUT2D eigenvalue weighted by Gasteiger charge is 2.20. The molecule has 0 saturated heterocycles. The van der Waals surface area contributed by atoms with Gasteiger partial charge < -0.3 is 10.2 Å². The van der Waals surface area contributed by atoms with Gasteiger partial charge in [-0.1, -0.05) is 144 Å². The molecule has 0 unspecified atom stereocenters. The SMILES string of the molecule is CN(Cc1cccc(-c2cc(-c3ccccc3)c(C#N)c(SCC(=O)Nc3ccc(Cl)cc3)n2)c1)C(=O)CSc1nc(-c2ccccc2)cc(-c2ccccc2)c1C#N. The number of hydrogen-bond acceptors (Lipinski definition) is 8. The van der Waals surface area contributed by atoms with E-state index in [1.165, 1.54) is 23.5 Å². The fourth-order valence-corrected chi connectivity index (χ4v) is 8.23. The van der Waals surface area contributed by atoms with E-state index in [0.29, 0.717) is 49.7 Å². The van der Waals surface area contributed by atoms with Crippen molar-refractivity contribution in [2.45, 2.75) is 16.6 Å². The zero-order valence-corrected chi connectivity index (χ0v) is 34.2. The number of hydrogen-bond donors (Lipinski definition) is 1. The minimum atomic E-state index is -0.247. The number of thioether (sulfide) groups is 2. The Bertz CT molecular complexity index is 2700. The largest absolute Gasteiger partial charge is 0.341 e. The molecule has 5 aromatic carbocycles. The van der Waals surface area contributed by atoms with E-state index in [1.807, 2.05) is 127 Å². The van der Waals surface area contributed by atoms with Crippen molar-refractivity contribution in [1.82, 2.24) is 14.9 Å². The van der Waals surface area contributed by atoms with Crippen LogP contribution >= 0.6 is 35.1 Å². The van der Waals surface area contributed by atoms with Gasteiger partial charge in [-0.2, -0.15) is 10.5 Å². The topological polar surface area (TPSA) is 123 Å². The first-order chi connectivity index (χ1) is 28.8. The van der Waals surface area contributed by atoms with Gasteiger partial charge in [-0.05, 0) is 59.2 Å². The first-order valence-electron chi connectivity index (χ1n) is 18.5. The monoisotopic (exact) mass is 826 g/mol. The summed E-state index contributed by atoms with van der Waals surface area (Å²) in [5, 5.41) is 25.0. The highest BCUT2D eigenvalue weighted by atomic mass is 35.5. The number of amides is 2. The molecule has 0 radical (unpaired) electrons. The van der Waals surface area contributed by atoms with Crippen molar-refractivity contribution in [1.29, 1.82) is 10.5 Å². The van der Waals surface area contributed by atoms with E-state index in [1.54, 1.807) is 36.2 Å². The number of rotatable bonds is 13. The maximum Gasteiger partial charge on any atom is 0.234 e. The Kier molecular flexibility index (Phi) is 13.2. The van der Waals surface area contributed by atoms with Crippen molar-refractivity contribution in [3.05, 3.63) is 173 Å². The minimum Gasteiger partial charge on any atom is -0.341 e. The van der Waals surface area contributed by atoms with Gasteiger partial charge in [0.1, 0.15) is 22.2 Å². The number of carbonyl (C=O) groups is 2. The number of nitrogens with one attached hydrogen (secondary N) is 1. The average molecular weight is 827 g/mol. The molecule has 2 heterocycles. The molecule has 0 aliphatic rings. The standard InChI is InChI=1S/C48H35ClN6O2S2/c1-55(46(57)31-59-48-42(28-51)39(33-13-5-2-6-14-33)25-43(53-48)35-17-9-4-10-18-35)29-32-12-11-19-36(24-32)44-26-40(34-15-7-3-8-16-34)41(27-50)47(54-44)58-30-45(56)52-38-22-20-37(49)21-23-38/h2-26H,29-31H2,1H3,(H,52,56). The molecule has 0 aliphatic heterocycles. The summed E-state index contributed by atoms with van der Waals surface area (Å²) >= 11 is 8.44. The summed E-state index contributed by atoms with van der Waals surface area (Å²) in [6.45, 7) is 0.319. The molecule has 0 saturated carbocycles. The van der Waals surface area contributed by atoms with Crippen LogP contribution in [0.1, 0.15) is 16.7 Å². The van der Waals surface area contributed by atoms with E-state index in [4.69, 9.17) is 21.6 Å². The lowest BCUT2D eigenvalue weighted by Crippen LogP contribution is -2.27.